The van der Waals surface area contributed by atoms with Gasteiger partial charge in [-0.25, -0.2) is 0 Å². The third kappa shape index (κ3) is 2.06. The quantitative estimate of drug-likeness (QED) is 0.825. The number of aromatic nitrogens is 1. The number of hydrogen-bond donors (Lipinski definition) is 2. The van der Waals surface area contributed by atoms with E-state index in [1.54, 1.807) is 6.07 Å². The molecule has 5 atom stereocenters. The lowest BCUT2D eigenvalue weighted by Crippen LogP contribution is -2.56. The van der Waals surface area contributed by atoms with E-state index in [-0.39, 0.29) is 7.43 Å². The molecule has 1 saturated carbocycles. The van der Waals surface area contributed by atoms with Crippen molar-refractivity contribution in [2.45, 2.75) is 52.0 Å². The summed E-state index contributed by atoms with van der Waals surface area (Å²) in [7, 11) is 0. The Morgan fingerprint density at radius 3 is 3.00 bits per heavy atom. The summed E-state index contributed by atoms with van der Waals surface area (Å²) in [6, 6.07) is 6.52. The van der Waals surface area contributed by atoms with Gasteiger partial charge in [0.25, 0.3) is 0 Å². The number of benzene rings is 1. The van der Waals surface area contributed by atoms with Crippen molar-refractivity contribution in [3.63, 3.8) is 0 Å². The number of fused-ring (bicyclic) bond motifs is 4. The lowest BCUT2D eigenvalue weighted by atomic mass is 9.65. The number of nitrogens with zero attached hydrogens (tertiary/aromatic N) is 1. The SMILES string of the molecule is C.CC[C@H]1C[C@H]2C[C@H]3c4[nH]c5ccc(O)cc5c4CCN(C2)C13. The molecule has 0 amide bonds. The van der Waals surface area contributed by atoms with Gasteiger partial charge in [-0.15, -0.1) is 0 Å². The predicted octanol–water partition coefficient (Wildman–Crippen LogP) is 4.27. The summed E-state index contributed by atoms with van der Waals surface area (Å²) in [5.74, 6) is 2.80. The summed E-state index contributed by atoms with van der Waals surface area (Å²) in [5, 5.41) is 11.1. The van der Waals surface area contributed by atoms with E-state index in [1.165, 1.54) is 54.5 Å². The largest absolute Gasteiger partial charge is 0.508 e. The molecular weight excluding hydrogens is 284 g/mol. The van der Waals surface area contributed by atoms with Gasteiger partial charge in [-0.2, -0.15) is 0 Å². The summed E-state index contributed by atoms with van der Waals surface area (Å²) >= 11 is 0. The maximum atomic E-state index is 9.87. The fourth-order valence-corrected chi connectivity index (χ4v) is 5.68. The van der Waals surface area contributed by atoms with E-state index in [9.17, 15) is 5.11 Å². The Balaban J connectivity index is 0.00000135. The van der Waals surface area contributed by atoms with Gasteiger partial charge < -0.3 is 10.1 Å². The average Bonchev–Trinajstić information content (AvgIpc) is 2.85. The number of rotatable bonds is 1. The Morgan fingerprint density at radius 2 is 2.17 bits per heavy atom. The zero-order valence-corrected chi connectivity index (χ0v) is 13.2. The summed E-state index contributed by atoms with van der Waals surface area (Å²) in [6.45, 7) is 4.86. The van der Waals surface area contributed by atoms with Crippen LogP contribution in [-0.4, -0.2) is 34.1 Å². The first-order chi connectivity index (χ1) is 10.7. The monoisotopic (exact) mass is 312 g/mol. The van der Waals surface area contributed by atoms with Crippen molar-refractivity contribution >= 4 is 10.9 Å². The first-order valence-corrected chi connectivity index (χ1v) is 8.82. The minimum atomic E-state index is 0. The lowest BCUT2D eigenvalue weighted by molar-refractivity contribution is -0.0134. The third-order valence-electron chi connectivity index (χ3n) is 6.50. The number of nitrogens with one attached hydrogen (secondary N) is 1. The van der Waals surface area contributed by atoms with Crippen molar-refractivity contribution in [1.29, 1.82) is 0 Å². The van der Waals surface area contributed by atoms with E-state index < -0.39 is 0 Å². The topological polar surface area (TPSA) is 39.3 Å². The van der Waals surface area contributed by atoms with Crippen LogP contribution in [0.15, 0.2) is 18.2 Å². The van der Waals surface area contributed by atoms with Gasteiger partial charge in [-0.05, 0) is 54.9 Å². The van der Waals surface area contributed by atoms with E-state index in [0.717, 1.165) is 24.3 Å². The number of piperidine rings is 2. The summed E-state index contributed by atoms with van der Waals surface area (Å²) in [4.78, 5) is 6.51. The van der Waals surface area contributed by atoms with Crippen LogP contribution in [0, 0.1) is 11.8 Å². The highest BCUT2D eigenvalue weighted by Crippen LogP contribution is 2.51. The van der Waals surface area contributed by atoms with Gasteiger partial charge in [-0.1, -0.05) is 20.8 Å². The van der Waals surface area contributed by atoms with Crippen LogP contribution in [0.4, 0.5) is 0 Å². The van der Waals surface area contributed by atoms with Gasteiger partial charge in [0.05, 0.1) is 0 Å². The van der Waals surface area contributed by atoms with Crippen LogP contribution in [0.1, 0.15) is 50.8 Å². The minimum absolute atomic E-state index is 0. The maximum absolute atomic E-state index is 9.87. The highest BCUT2D eigenvalue weighted by molar-refractivity contribution is 5.86. The number of aromatic amines is 1. The van der Waals surface area contributed by atoms with Crippen molar-refractivity contribution in [3.05, 3.63) is 29.5 Å². The van der Waals surface area contributed by atoms with Crippen molar-refractivity contribution in [3.8, 4) is 5.75 Å². The van der Waals surface area contributed by atoms with Gasteiger partial charge in [0.2, 0.25) is 0 Å². The first kappa shape index (κ1) is 15.1. The number of hydrogen-bond acceptors (Lipinski definition) is 2. The smallest absolute Gasteiger partial charge is 0.116 e. The van der Waals surface area contributed by atoms with E-state index in [2.05, 4.69) is 16.8 Å². The zero-order valence-electron chi connectivity index (χ0n) is 13.2. The number of aromatic hydroxyl groups is 1. The standard InChI is InChI=1S/C19H24N2O.CH4/c1-2-12-7-11-8-16-18-14(5-6-21(10-11)19(12)16)15-9-13(22)3-4-17(15)20-18;/h3-4,9,11-12,16,19-20,22H,2,5-8,10H2,1H3;1H4/t11-,12-,16-,19?;/m0./s1. The molecule has 2 N–H and O–H groups in total. The fraction of sp³-hybridized carbons (Fsp3) is 0.600. The van der Waals surface area contributed by atoms with Crippen LogP contribution >= 0.6 is 0 Å². The van der Waals surface area contributed by atoms with Crippen LogP contribution < -0.4 is 0 Å². The molecule has 6 rings (SSSR count). The van der Waals surface area contributed by atoms with Crippen LogP contribution in [0.5, 0.6) is 5.75 Å². The molecule has 0 radical (unpaired) electrons. The Bertz CT molecular complexity index is 735. The predicted molar refractivity (Wildman–Crippen MR) is 95.0 cm³/mol. The van der Waals surface area contributed by atoms with Crippen LogP contribution in [0.2, 0.25) is 0 Å². The molecule has 1 aliphatic carbocycles. The van der Waals surface area contributed by atoms with Crippen molar-refractivity contribution < 1.29 is 5.11 Å². The highest BCUT2D eigenvalue weighted by Gasteiger charge is 2.48. The molecular formula is C20H28N2O. The van der Waals surface area contributed by atoms with Gasteiger partial charge in [0, 0.05) is 41.6 Å². The third-order valence-corrected chi connectivity index (χ3v) is 6.50. The molecule has 4 aliphatic rings. The van der Waals surface area contributed by atoms with Gasteiger partial charge in [0.15, 0.2) is 0 Å². The molecule has 2 aromatic rings. The van der Waals surface area contributed by atoms with Gasteiger partial charge >= 0.3 is 0 Å². The summed E-state index contributed by atoms with van der Waals surface area (Å²) in [6.07, 6.45) is 5.22. The number of phenolic OH excluding ortho intramolecular Hbond substituents is 1. The lowest BCUT2D eigenvalue weighted by Gasteiger charge is -2.53. The molecule has 23 heavy (non-hydrogen) atoms. The van der Waals surface area contributed by atoms with Crippen LogP contribution in [0.25, 0.3) is 10.9 Å². The van der Waals surface area contributed by atoms with Gasteiger partial charge in [-0.3, -0.25) is 4.90 Å². The molecule has 3 heteroatoms. The molecule has 124 valence electrons. The molecule has 3 fully saturated rings. The van der Waals surface area contributed by atoms with Crippen molar-refractivity contribution in [2.75, 3.05) is 13.1 Å². The molecule has 4 heterocycles. The Hall–Kier alpha value is -1.48. The Kier molecular flexibility index (Phi) is 3.45. The summed E-state index contributed by atoms with van der Waals surface area (Å²) < 4.78 is 0. The Labute approximate surface area is 138 Å². The number of H-pyrrole nitrogens is 1. The summed E-state index contributed by atoms with van der Waals surface area (Å²) in [5.41, 5.74) is 4.16. The average molecular weight is 312 g/mol. The molecule has 4 bridgehead atoms. The first-order valence-electron chi connectivity index (χ1n) is 8.82. The highest BCUT2D eigenvalue weighted by atomic mass is 16.3. The molecule has 1 aromatic heterocycles. The molecule has 3 nitrogen and oxygen atoms in total. The minimum Gasteiger partial charge on any atom is -0.508 e. The van der Waals surface area contributed by atoms with E-state index in [0.29, 0.717) is 11.7 Å². The van der Waals surface area contributed by atoms with E-state index in [1.807, 2.05) is 12.1 Å². The zero-order chi connectivity index (χ0) is 14.8. The van der Waals surface area contributed by atoms with E-state index in [4.69, 9.17) is 0 Å². The molecule has 2 unspecified atom stereocenters. The molecule has 1 aromatic carbocycles. The second-order valence-electron chi connectivity index (χ2n) is 7.59. The molecule has 0 spiro atoms. The van der Waals surface area contributed by atoms with Crippen molar-refractivity contribution in [2.24, 2.45) is 11.8 Å². The number of phenols is 1. The van der Waals surface area contributed by atoms with Crippen molar-refractivity contribution in [1.82, 2.24) is 9.88 Å². The second-order valence-corrected chi connectivity index (χ2v) is 7.59. The van der Waals surface area contributed by atoms with Crippen LogP contribution in [-0.2, 0) is 6.42 Å². The van der Waals surface area contributed by atoms with Gasteiger partial charge in [0.1, 0.15) is 5.75 Å². The molecule has 2 saturated heterocycles. The molecule has 3 aliphatic heterocycles. The normalized spacial score (nSPS) is 34.7. The Morgan fingerprint density at radius 1 is 1.30 bits per heavy atom. The van der Waals surface area contributed by atoms with Crippen LogP contribution in [0.3, 0.4) is 0 Å². The fourth-order valence-electron chi connectivity index (χ4n) is 5.68. The maximum Gasteiger partial charge on any atom is 0.116 e. The second kappa shape index (κ2) is 5.27. The van der Waals surface area contributed by atoms with E-state index >= 15 is 0 Å².